The summed E-state index contributed by atoms with van der Waals surface area (Å²) in [5, 5.41) is 7.28. The second kappa shape index (κ2) is 5.66. The van der Waals surface area contributed by atoms with E-state index in [-0.39, 0.29) is 5.78 Å². The van der Waals surface area contributed by atoms with Crippen molar-refractivity contribution in [3.8, 4) is 0 Å². The van der Waals surface area contributed by atoms with Crippen LogP contribution in [0.3, 0.4) is 0 Å². The van der Waals surface area contributed by atoms with Crippen molar-refractivity contribution in [1.82, 2.24) is 15.1 Å². The number of carbonyl (C=O) groups excluding carboxylic acids is 1. The Hall–Kier alpha value is -1.16. The van der Waals surface area contributed by atoms with Gasteiger partial charge in [0.15, 0.2) is 0 Å². The molecule has 84 valence electrons. The fraction of sp³-hybridized carbons (Fsp3) is 0.636. The van der Waals surface area contributed by atoms with Crippen LogP contribution in [0.15, 0.2) is 6.07 Å². The maximum absolute atomic E-state index is 11.5. The molecule has 0 amide bonds. The molecule has 0 unspecified atom stereocenters. The van der Waals surface area contributed by atoms with Crippen LogP contribution in [-0.2, 0) is 24.7 Å². The molecule has 1 N–H and O–H groups in total. The van der Waals surface area contributed by atoms with Gasteiger partial charge in [-0.25, -0.2) is 0 Å². The van der Waals surface area contributed by atoms with Crippen molar-refractivity contribution in [2.24, 2.45) is 7.05 Å². The zero-order chi connectivity index (χ0) is 11.3. The first-order valence-corrected chi connectivity index (χ1v) is 5.35. The van der Waals surface area contributed by atoms with Gasteiger partial charge < -0.3 is 5.32 Å². The van der Waals surface area contributed by atoms with E-state index in [4.69, 9.17) is 0 Å². The summed E-state index contributed by atoms with van der Waals surface area (Å²) in [6.45, 7) is 2.81. The lowest BCUT2D eigenvalue weighted by Gasteiger charge is -2.00. The number of aryl methyl sites for hydroxylation is 2. The van der Waals surface area contributed by atoms with Gasteiger partial charge in [0.2, 0.25) is 0 Å². The maximum Gasteiger partial charge on any atom is 0.140 e. The van der Waals surface area contributed by atoms with Crippen LogP contribution in [-0.4, -0.2) is 29.2 Å². The number of carbonyl (C=O) groups is 1. The first kappa shape index (κ1) is 11.9. The molecule has 15 heavy (non-hydrogen) atoms. The molecule has 0 saturated heterocycles. The molecular weight excluding hydrogens is 190 g/mol. The van der Waals surface area contributed by atoms with Gasteiger partial charge in [-0.05, 0) is 19.5 Å². The zero-order valence-corrected chi connectivity index (χ0v) is 9.71. The van der Waals surface area contributed by atoms with Crippen molar-refractivity contribution in [2.75, 3.05) is 13.6 Å². The number of aromatic nitrogens is 2. The monoisotopic (exact) mass is 209 g/mol. The second-order valence-corrected chi connectivity index (χ2v) is 3.67. The third-order valence-electron chi connectivity index (χ3n) is 2.42. The lowest BCUT2D eigenvalue weighted by molar-refractivity contribution is -0.118. The fourth-order valence-corrected chi connectivity index (χ4v) is 1.46. The van der Waals surface area contributed by atoms with Gasteiger partial charge in [-0.1, -0.05) is 6.92 Å². The lowest BCUT2D eigenvalue weighted by atomic mass is 10.1. The van der Waals surface area contributed by atoms with Crippen LogP contribution in [0.1, 0.15) is 24.7 Å². The zero-order valence-electron chi connectivity index (χ0n) is 9.71. The molecule has 4 heteroatoms. The Morgan fingerprint density at radius 3 is 2.87 bits per heavy atom. The largest absolute Gasteiger partial charge is 0.319 e. The van der Waals surface area contributed by atoms with Crippen LogP contribution in [0.2, 0.25) is 0 Å². The highest BCUT2D eigenvalue weighted by Crippen LogP contribution is 2.05. The normalized spacial score (nSPS) is 10.6. The van der Waals surface area contributed by atoms with Gasteiger partial charge >= 0.3 is 0 Å². The Labute approximate surface area is 90.7 Å². The average molecular weight is 209 g/mol. The van der Waals surface area contributed by atoms with Gasteiger partial charge in [0.05, 0.1) is 5.69 Å². The number of hydrogen-bond donors (Lipinski definition) is 1. The topological polar surface area (TPSA) is 46.9 Å². The predicted molar refractivity (Wildman–Crippen MR) is 59.8 cm³/mol. The van der Waals surface area contributed by atoms with Crippen molar-refractivity contribution in [2.45, 2.75) is 26.2 Å². The number of rotatable bonds is 6. The first-order chi connectivity index (χ1) is 7.17. The molecular formula is C11H19N3O. The lowest BCUT2D eigenvalue weighted by Crippen LogP contribution is -2.15. The number of nitrogens with zero attached hydrogens (tertiary/aromatic N) is 2. The van der Waals surface area contributed by atoms with Gasteiger partial charge in [-0.15, -0.1) is 0 Å². The molecule has 0 spiro atoms. The Kier molecular flexibility index (Phi) is 4.49. The van der Waals surface area contributed by atoms with Crippen molar-refractivity contribution in [3.63, 3.8) is 0 Å². The van der Waals surface area contributed by atoms with Crippen LogP contribution in [0.5, 0.6) is 0 Å². The van der Waals surface area contributed by atoms with Crippen LogP contribution < -0.4 is 5.32 Å². The van der Waals surface area contributed by atoms with E-state index in [2.05, 4.69) is 17.3 Å². The minimum Gasteiger partial charge on any atom is -0.319 e. The molecule has 0 aromatic carbocycles. The van der Waals surface area contributed by atoms with E-state index in [9.17, 15) is 4.79 Å². The third-order valence-corrected chi connectivity index (χ3v) is 2.42. The standard InChI is InChI=1S/C11H19N3O/c1-4-9-7-10(14(3)13-9)8-11(15)5-6-12-2/h7,12H,4-6,8H2,1-3H3. The number of hydrogen-bond acceptors (Lipinski definition) is 3. The first-order valence-electron chi connectivity index (χ1n) is 5.35. The average Bonchev–Trinajstić information content (AvgIpc) is 2.57. The molecule has 0 saturated carbocycles. The summed E-state index contributed by atoms with van der Waals surface area (Å²) in [6.07, 6.45) is 1.99. The Morgan fingerprint density at radius 2 is 2.33 bits per heavy atom. The van der Waals surface area contributed by atoms with Crippen LogP contribution in [0.25, 0.3) is 0 Å². The van der Waals surface area contributed by atoms with E-state index in [0.717, 1.165) is 24.4 Å². The van der Waals surface area contributed by atoms with Crippen molar-refractivity contribution >= 4 is 5.78 Å². The molecule has 0 fully saturated rings. The smallest absolute Gasteiger partial charge is 0.140 e. The van der Waals surface area contributed by atoms with E-state index < -0.39 is 0 Å². The van der Waals surface area contributed by atoms with E-state index in [1.807, 2.05) is 20.2 Å². The number of nitrogens with one attached hydrogen (secondary N) is 1. The highest BCUT2D eigenvalue weighted by Gasteiger charge is 2.08. The molecule has 1 aromatic heterocycles. The molecule has 0 aliphatic heterocycles. The van der Waals surface area contributed by atoms with Crippen LogP contribution >= 0.6 is 0 Å². The molecule has 1 rings (SSSR count). The SMILES string of the molecule is CCc1cc(CC(=O)CCNC)n(C)n1. The van der Waals surface area contributed by atoms with E-state index in [1.54, 1.807) is 4.68 Å². The highest BCUT2D eigenvalue weighted by atomic mass is 16.1. The van der Waals surface area contributed by atoms with Gasteiger partial charge in [0, 0.05) is 32.1 Å². The van der Waals surface area contributed by atoms with E-state index >= 15 is 0 Å². The quantitative estimate of drug-likeness (QED) is 0.750. The molecule has 4 nitrogen and oxygen atoms in total. The van der Waals surface area contributed by atoms with Gasteiger partial charge in [0.1, 0.15) is 5.78 Å². The summed E-state index contributed by atoms with van der Waals surface area (Å²) < 4.78 is 1.80. The molecule has 1 heterocycles. The fourth-order valence-electron chi connectivity index (χ4n) is 1.46. The Morgan fingerprint density at radius 1 is 1.60 bits per heavy atom. The van der Waals surface area contributed by atoms with Crippen LogP contribution in [0, 0.1) is 0 Å². The Bertz CT molecular complexity index is 331. The van der Waals surface area contributed by atoms with Crippen molar-refractivity contribution < 1.29 is 4.79 Å². The summed E-state index contributed by atoms with van der Waals surface area (Å²) in [5.74, 6) is 0.259. The van der Waals surface area contributed by atoms with Crippen molar-refractivity contribution in [3.05, 3.63) is 17.5 Å². The van der Waals surface area contributed by atoms with Gasteiger partial charge in [-0.2, -0.15) is 5.10 Å². The highest BCUT2D eigenvalue weighted by molar-refractivity contribution is 5.80. The van der Waals surface area contributed by atoms with E-state index in [1.165, 1.54) is 0 Å². The molecule has 1 aromatic rings. The van der Waals surface area contributed by atoms with Gasteiger partial charge in [0.25, 0.3) is 0 Å². The summed E-state index contributed by atoms with van der Waals surface area (Å²) >= 11 is 0. The molecule has 0 bridgehead atoms. The molecule has 0 atom stereocenters. The minimum absolute atomic E-state index is 0.259. The summed E-state index contributed by atoms with van der Waals surface area (Å²) in [6, 6.07) is 2.01. The van der Waals surface area contributed by atoms with Crippen LogP contribution in [0.4, 0.5) is 0 Å². The summed E-state index contributed by atoms with van der Waals surface area (Å²) in [4.78, 5) is 11.5. The number of ketones is 1. The molecule has 0 aliphatic rings. The van der Waals surface area contributed by atoms with Gasteiger partial charge in [-0.3, -0.25) is 9.48 Å². The Balaban J connectivity index is 2.55. The second-order valence-electron chi connectivity index (χ2n) is 3.67. The summed E-state index contributed by atoms with van der Waals surface area (Å²) in [5.41, 5.74) is 2.06. The maximum atomic E-state index is 11.5. The predicted octanol–water partition coefficient (Wildman–Crippen LogP) is 0.704. The molecule has 0 radical (unpaired) electrons. The minimum atomic E-state index is 0.259. The summed E-state index contributed by atoms with van der Waals surface area (Å²) in [7, 11) is 3.74. The molecule has 0 aliphatic carbocycles. The van der Waals surface area contributed by atoms with E-state index in [0.29, 0.717) is 12.8 Å². The number of Topliss-reactive ketones (excluding diaryl/α,β-unsaturated/α-hetero) is 1. The third kappa shape index (κ3) is 3.47. The van der Waals surface area contributed by atoms with Crippen molar-refractivity contribution in [1.29, 1.82) is 0 Å².